The monoisotopic (exact) mass is 201 g/mol. The highest BCUT2D eigenvalue weighted by Crippen LogP contribution is 2.26. The van der Waals surface area contributed by atoms with Crippen LogP contribution in [0.1, 0.15) is 34.1 Å². The highest BCUT2D eigenvalue weighted by molar-refractivity contribution is 7.80. The van der Waals surface area contributed by atoms with Crippen molar-refractivity contribution in [2.45, 2.75) is 34.1 Å². The van der Waals surface area contributed by atoms with Crippen molar-refractivity contribution in [3.05, 3.63) is 0 Å². The molecule has 0 aliphatic heterocycles. The number of hydrogen-bond acceptors (Lipinski definition) is 2. The first kappa shape index (κ1) is 12.4. The zero-order valence-electron chi connectivity index (χ0n) is 8.79. The molecule has 1 unspecified atom stereocenters. The summed E-state index contributed by atoms with van der Waals surface area (Å²) < 4.78 is 0. The predicted molar refractivity (Wildman–Crippen MR) is 61.6 cm³/mol. The second kappa shape index (κ2) is 5.17. The van der Waals surface area contributed by atoms with E-state index < -0.39 is 0 Å². The fourth-order valence-electron chi connectivity index (χ4n) is 0.916. The predicted octanol–water partition coefficient (Wildman–Crippen LogP) is 1.88. The average Bonchev–Trinajstić information content (AvgIpc) is 2.01. The van der Waals surface area contributed by atoms with Crippen LogP contribution in [0.2, 0.25) is 0 Å². The van der Waals surface area contributed by atoms with E-state index in [1.807, 2.05) is 6.21 Å². The van der Waals surface area contributed by atoms with E-state index >= 15 is 0 Å². The van der Waals surface area contributed by atoms with Crippen LogP contribution in [0.5, 0.6) is 0 Å². The van der Waals surface area contributed by atoms with Crippen LogP contribution in [0, 0.1) is 11.3 Å². The van der Waals surface area contributed by atoms with Crippen molar-refractivity contribution in [3.63, 3.8) is 0 Å². The van der Waals surface area contributed by atoms with Crippen LogP contribution in [-0.2, 0) is 0 Å². The lowest BCUT2D eigenvalue weighted by molar-refractivity contribution is 0.334. The molecule has 0 amide bonds. The molecular weight excluding hydrogens is 182 g/mol. The van der Waals surface area contributed by atoms with Crippen molar-refractivity contribution >= 4 is 23.5 Å². The highest BCUT2D eigenvalue weighted by Gasteiger charge is 2.21. The molecular formula is C9H19N3S. The van der Waals surface area contributed by atoms with Crippen molar-refractivity contribution in [3.8, 4) is 0 Å². The smallest absolute Gasteiger partial charge is 0.184 e. The zero-order chi connectivity index (χ0) is 10.5. The van der Waals surface area contributed by atoms with Gasteiger partial charge in [-0.3, -0.25) is 5.43 Å². The molecule has 0 bridgehead atoms. The first-order valence-electron chi connectivity index (χ1n) is 4.49. The van der Waals surface area contributed by atoms with Crippen LogP contribution in [0.3, 0.4) is 0 Å². The number of rotatable bonds is 4. The Hall–Kier alpha value is -0.640. The molecule has 13 heavy (non-hydrogen) atoms. The Morgan fingerprint density at radius 1 is 1.69 bits per heavy atom. The van der Waals surface area contributed by atoms with E-state index in [1.54, 1.807) is 0 Å². The second-order valence-electron chi connectivity index (χ2n) is 3.86. The molecule has 0 radical (unpaired) electrons. The quantitative estimate of drug-likeness (QED) is 0.415. The molecule has 0 rings (SSSR count). The summed E-state index contributed by atoms with van der Waals surface area (Å²) in [7, 11) is 0. The van der Waals surface area contributed by atoms with E-state index in [-0.39, 0.29) is 10.5 Å². The van der Waals surface area contributed by atoms with Crippen LogP contribution < -0.4 is 11.2 Å². The van der Waals surface area contributed by atoms with Gasteiger partial charge in [0.2, 0.25) is 0 Å². The Morgan fingerprint density at radius 3 is 2.62 bits per heavy atom. The standard InChI is InChI=1S/C9H19N3S/c1-5-7(2)9(3,4)6-11-12-8(10)13/h6-7H,5H2,1-4H3,(H3,10,12,13)/b11-6-. The summed E-state index contributed by atoms with van der Waals surface area (Å²) in [6.07, 6.45) is 2.99. The molecule has 0 saturated heterocycles. The summed E-state index contributed by atoms with van der Waals surface area (Å²) in [4.78, 5) is 0. The lowest BCUT2D eigenvalue weighted by Crippen LogP contribution is -2.28. The van der Waals surface area contributed by atoms with Gasteiger partial charge >= 0.3 is 0 Å². The van der Waals surface area contributed by atoms with E-state index in [0.29, 0.717) is 5.92 Å². The van der Waals surface area contributed by atoms with Crippen LogP contribution in [-0.4, -0.2) is 11.3 Å². The Kier molecular flexibility index (Phi) is 4.91. The van der Waals surface area contributed by atoms with Gasteiger partial charge in [0.05, 0.1) is 0 Å². The summed E-state index contributed by atoms with van der Waals surface area (Å²) >= 11 is 4.63. The van der Waals surface area contributed by atoms with Crippen LogP contribution in [0.15, 0.2) is 5.10 Å². The van der Waals surface area contributed by atoms with Crippen molar-refractivity contribution in [2.24, 2.45) is 22.2 Å². The maximum absolute atomic E-state index is 5.24. The molecule has 0 aromatic rings. The number of thiocarbonyl (C=S) groups is 1. The van der Waals surface area contributed by atoms with Crippen molar-refractivity contribution in [1.29, 1.82) is 0 Å². The van der Waals surface area contributed by atoms with Crippen LogP contribution in [0.25, 0.3) is 0 Å². The lowest BCUT2D eigenvalue weighted by atomic mass is 9.80. The molecule has 3 N–H and O–H groups in total. The van der Waals surface area contributed by atoms with E-state index in [1.165, 1.54) is 0 Å². The Labute approximate surface area is 85.8 Å². The summed E-state index contributed by atoms with van der Waals surface area (Å²) in [5, 5.41) is 4.18. The maximum atomic E-state index is 5.24. The minimum atomic E-state index is 0.0759. The van der Waals surface area contributed by atoms with Gasteiger partial charge in [-0.05, 0) is 18.1 Å². The van der Waals surface area contributed by atoms with E-state index in [2.05, 4.69) is 50.4 Å². The lowest BCUT2D eigenvalue weighted by Gasteiger charge is -2.26. The third-order valence-corrected chi connectivity index (χ3v) is 2.55. The van der Waals surface area contributed by atoms with Gasteiger partial charge in [0, 0.05) is 11.6 Å². The number of hydrazone groups is 1. The first-order chi connectivity index (χ1) is 5.90. The molecule has 0 fully saturated rings. The first-order valence-corrected chi connectivity index (χ1v) is 4.90. The second-order valence-corrected chi connectivity index (χ2v) is 4.30. The van der Waals surface area contributed by atoms with Crippen molar-refractivity contribution < 1.29 is 0 Å². The van der Waals surface area contributed by atoms with Gasteiger partial charge in [-0.15, -0.1) is 0 Å². The van der Waals surface area contributed by atoms with Crippen LogP contribution >= 0.6 is 12.2 Å². The Morgan fingerprint density at radius 2 is 2.23 bits per heavy atom. The van der Waals surface area contributed by atoms with Gasteiger partial charge in [0.25, 0.3) is 0 Å². The Balaban J connectivity index is 4.15. The third kappa shape index (κ3) is 4.83. The van der Waals surface area contributed by atoms with Gasteiger partial charge in [0.1, 0.15) is 0 Å². The van der Waals surface area contributed by atoms with Gasteiger partial charge < -0.3 is 5.73 Å². The topological polar surface area (TPSA) is 50.4 Å². The average molecular weight is 201 g/mol. The van der Waals surface area contributed by atoms with Gasteiger partial charge in [-0.25, -0.2) is 0 Å². The summed E-state index contributed by atoms with van der Waals surface area (Å²) in [6.45, 7) is 8.66. The SMILES string of the molecule is CCC(C)C(C)(C)/C=N\NC(N)=S. The molecule has 0 aromatic carbocycles. The highest BCUT2D eigenvalue weighted by atomic mass is 32.1. The molecule has 1 atom stereocenters. The number of nitrogens with one attached hydrogen (secondary N) is 1. The molecule has 4 heteroatoms. The number of nitrogens with zero attached hydrogens (tertiary/aromatic N) is 1. The fraction of sp³-hybridized carbons (Fsp3) is 0.778. The molecule has 0 spiro atoms. The van der Waals surface area contributed by atoms with Gasteiger partial charge in [0.15, 0.2) is 5.11 Å². The molecule has 0 aliphatic rings. The van der Waals surface area contributed by atoms with Crippen LogP contribution in [0.4, 0.5) is 0 Å². The summed E-state index contributed by atoms with van der Waals surface area (Å²) in [5.74, 6) is 0.587. The van der Waals surface area contributed by atoms with Gasteiger partial charge in [-0.2, -0.15) is 5.10 Å². The maximum Gasteiger partial charge on any atom is 0.184 e. The molecule has 0 aromatic heterocycles. The van der Waals surface area contributed by atoms with Gasteiger partial charge in [-0.1, -0.05) is 34.1 Å². The van der Waals surface area contributed by atoms with E-state index in [9.17, 15) is 0 Å². The summed E-state index contributed by atoms with van der Waals surface area (Å²) in [6, 6.07) is 0. The fourth-order valence-corrected chi connectivity index (χ4v) is 0.968. The van der Waals surface area contributed by atoms with E-state index in [4.69, 9.17) is 5.73 Å². The number of hydrogen-bond donors (Lipinski definition) is 2. The molecule has 0 aliphatic carbocycles. The van der Waals surface area contributed by atoms with Crippen molar-refractivity contribution in [1.82, 2.24) is 5.43 Å². The minimum Gasteiger partial charge on any atom is -0.375 e. The largest absolute Gasteiger partial charge is 0.375 e. The summed E-state index contributed by atoms with van der Waals surface area (Å²) in [5.41, 5.74) is 7.87. The molecule has 76 valence electrons. The zero-order valence-corrected chi connectivity index (χ0v) is 9.61. The third-order valence-electron chi connectivity index (χ3n) is 2.45. The molecule has 3 nitrogen and oxygen atoms in total. The Bertz CT molecular complexity index is 199. The van der Waals surface area contributed by atoms with E-state index in [0.717, 1.165) is 6.42 Å². The molecule has 0 heterocycles. The molecule has 0 saturated carbocycles. The minimum absolute atomic E-state index is 0.0759. The normalized spacial score (nSPS) is 14.5. The number of nitrogens with two attached hydrogens (primary N) is 1. The van der Waals surface area contributed by atoms with Crippen molar-refractivity contribution in [2.75, 3.05) is 0 Å².